The lowest BCUT2D eigenvalue weighted by Crippen LogP contribution is -2.25. The summed E-state index contributed by atoms with van der Waals surface area (Å²) in [6.45, 7) is -0.00819. The van der Waals surface area contributed by atoms with Crippen molar-refractivity contribution in [2.24, 2.45) is 0 Å². The number of amides is 2. The molecular weight excluding hydrogens is 535 g/mol. The maximum Gasteiger partial charge on any atom is 0.251 e. The summed E-state index contributed by atoms with van der Waals surface area (Å²) in [4.78, 5) is 29.4. The second kappa shape index (κ2) is 12.4. The van der Waals surface area contributed by atoms with Crippen LogP contribution in [-0.2, 0) is 11.3 Å². The molecule has 14 heteroatoms. The standard InChI is InChI=1S/C24H23FN6O5S2/c1-34-17-10-14(11-18(35-2)21(17)36-3)22(33)27-12-19-29-30-24(31(19)16-6-4-15(25)5-7-16)38-13-20(32)28-23-26-8-9-37-23/h4-11H,12-13H2,1-3H3,(H,27,33)(H,26,28,32). The smallest absolute Gasteiger partial charge is 0.251 e. The molecular formula is C24H23FN6O5S2. The third kappa shape index (κ3) is 6.20. The molecule has 0 unspecified atom stereocenters. The summed E-state index contributed by atoms with van der Waals surface area (Å²) >= 11 is 2.45. The fraction of sp³-hybridized carbons (Fsp3) is 0.208. The van der Waals surface area contributed by atoms with Gasteiger partial charge in [0.15, 0.2) is 27.6 Å². The van der Waals surface area contributed by atoms with E-state index in [0.717, 1.165) is 11.8 Å². The fourth-order valence-corrected chi connectivity index (χ4v) is 4.72. The molecule has 0 fully saturated rings. The highest BCUT2D eigenvalue weighted by atomic mass is 32.2. The monoisotopic (exact) mass is 558 g/mol. The molecule has 0 aliphatic heterocycles. The number of nitrogens with zero attached hydrogens (tertiary/aromatic N) is 4. The topological polar surface area (TPSA) is 129 Å². The summed E-state index contributed by atoms with van der Waals surface area (Å²) in [5.41, 5.74) is 0.845. The number of methoxy groups -OCH3 is 3. The van der Waals surface area contributed by atoms with Crippen LogP contribution in [-0.4, -0.2) is 58.6 Å². The van der Waals surface area contributed by atoms with Gasteiger partial charge >= 0.3 is 0 Å². The van der Waals surface area contributed by atoms with E-state index >= 15 is 0 Å². The number of thioether (sulfide) groups is 1. The van der Waals surface area contributed by atoms with Crippen LogP contribution in [0.5, 0.6) is 17.2 Å². The van der Waals surface area contributed by atoms with Crippen molar-refractivity contribution in [2.75, 3.05) is 32.4 Å². The van der Waals surface area contributed by atoms with Gasteiger partial charge in [0.05, 0.1) is 33.6 Å². The van der Waals surface area contributed by atoms with E-state index in [1.807, 2.05) is 0 Å². The number of anilines is 1. The molecule has 0 saturated heterocycles. The predicted molar refractivity (Wildman–Crippen MR) is 140 cm³/mol. The predicted octanol–water partition coefficient (Wildman–Crippen LogP) is 3.55. The van der Waals surface area contributed by atoms with Crippen LogP contribution in [0.15, 0.2) is 53.1 Å². The average Bonchev–Trinajstić information content (AvgIpc) is 3.59. The van der Waals surface area contributed by atoms with Crippen molar-refractivity contribution in [2.45, 2.75) is 11.7 Å². The molecule has 2 aromatic heterocycles. The van der Waals surface area contributed by atoms with Crippen LogP contribution in [0.2, 0.25) is 0 Å². The molecule has 0 bridgehead atoms. The molecule has 0 spiro atoms. The lowest BCUT2D eigenvalue weighted by Gasteiger charge is -2.14. The van der Waals surface area contributed by atoms with Gasteiger partial charge in [0, 0.05) is 22.8 Å². The van der Waals surface area contributed by atoms with Gasteiger partial charge in [0.2, 0.25) is 11.7 Å². The lowest BCUT2D eigenvalue weighted by molar-refractivity contribution is -0.113. The normalized spacial score (nSPS) is 10.6. The van der Waals surface area contributed by atoms with Crippen molar-refractivity contribution in [1.29, 1.82) is 0 Å². The van der Waals surface area contributed by atoms with Crippen LogP contribution in [0.3, 0.4) is 0 Å². The first kappa shape index (κ1) is 26.9. The van der Waals surface area contributed by atoms with Gasteiger partial charge < -0.3 is 24.8 Å². The zero-order chi connectivity index (χ0) is 27.1. The van der Waals surface area contributed by atoms with Crippen LogP contribution in [0, 0.1) is 5.82 Å². The average molecular weight is 559 g/mol. The van der Waals surface area contributed by atoms with E-state index in [1.54, 1.807) is 28.3 Å². The molecule has 0 aliphatic rings. The molecule has 2 N–H and O–H groups in total. The van der Waals surface area contributed by atoms with E-state index in [9.17, 15) is 14.0 Å². The molecule has 2 aromatic carbocycles. The Morgan fingerprint density at radius 1 is 1.05 bits per heavy atom. The van der Waals surface area contributed by atoms with Crippen LogP contribution >= 0.6 is 23.1 Å². The van der Waals surface area contributed by atoms with Crippen molar-refractivity contribution in [1.82, 2.24) is 25.1 Å². The Labute approximate surface area is 225 Å². The van der Waals surface area contributed by atoms with E-state index in [-0.39, 0.29) is 23.8 Å². The number of hydrogen-bond donors (Lipinski definition) is 2. The van der Waals surface area contributed by atoms with E-state index in [2.05, 4.69) is 25.8 Å². The van der Waals surface area contributed by atoms with E-state index < -0.39 is 11.7 Å². The summed E-state index contributed by atoms with van der Waals surface area (Å²) in [7, 11) is 4.39. The highest BCUT2D eigenvalue weighted by Crippen LogP contribution is 2.38. The van der Waals surface area contributed by atoms with Gasteiger partial charge in [-0.05, 0) is 36.4 Å². The number of halogens is 1. The molecule has 11 nitrogen and oxygen atoms in total. The van der Waals surface area contributed by atoms with Crippen molar-refractivity contribution >= 4 is 40.0 Å². The molecule has 2 heterocycles. The number of hydrogen-bond acceptors (Lipinski definition) is 10. The first-order chi connectivity index (χ1) is 18.4. The summed E-state index contributed by atoms with van der Waals surface area (Å²) in [5.74, 6) is 0.351. The van der Waals surface area contributed by atoms with Crippen LogP contribution in [0.1, 0.15) is 16.2 Å². The molecule has 0 aliphatic carbocycles. The van der Waals surface area contributed by atoms with Gasteiger partial charge in [-0.1, -0.05) is 11.8 Å². The first-order valence-corrected chi connectivity index (χ1v) is 12.9. The van der Waals surface area contributed by atoms with Crippen molar-refractivity contribution < 1.29 is 28.2 Å². The number of thiazole rings is 1. The Balaban J connectivity index is 1.54. The largest absolute Gasteiger partial charge is 0.493 e. The number of ether oxygens (including phenoxy) is 3. The fourth-order valence-electron chi connectivity index (χ4n) is 3.40. The molecule has 0 radical (unpaired) electrons. The minimum atomic E-state index is -0.421. The van der Waals surface area contributed by atoms with Gasteiger partial charge in [0.25, 0.3) is 5.91 Å². The molecule has 4 rings (SSSR count). The summed E-state index contributed by atoms with van der Waals surface area (Å²) < 4.78 is 31.2. The third-order valence-corrected chi connectivity index (χ3v) is 6.75. The molecule has 4 aromatic rings. The van der Waals surface area contributed by atoms with Crippen LogP contribution in [0.25, 0.3) is 5.69 Å². The van der Waals surface area contributed by atoms with Gasteiger partial charge in [-0.2, -0.15) is 0 Å². The molecule has 2 amide bonds. The second-order valence-corrected chi connectivity index (χ2v) is 9.32. The summed E-state index contributed by atoms with van der Waals surface area (Å²) in [5, 5.41) is 16.5. The summed E-state index contributed by atoms with van der Waals surface area (Å²) in [6.07, 6.45) is 1.59. The van der Waals surface area contributed by atoms with Crippen LogP contribution in [0.4, 0.5) is 9.52 Å². The number of rotatable bonds is 11. The Morgan fingerprint density at radius 3 is 2.37 bits per heavy atom. The zero-order valence-electron chi connectivity index (χ0n) is 20.6. The maximum absolute atomic E-state index is 13.6. The zero-order valence-corrected chi connectivity index (χ0v) is 22.2. The quantitative estimate of drug-likeness (QED) is 0.266. The number of aromatic nitrogens is 4. The minimum absolute atomic E-state index is 0.00819. The van der Waals surface area contributed by atoms with E-state index in [4.69, 9.17) is 14.2 Å². The van der Waals surface area contributed by atoms with Gasteiger partial charge in [-0.3, -0.25) is 14.2 Å². The minimum Gasteiger partial charge on any atom is -0.493 e. The Bertz CT molecular complexity index is 1390. The Morgan fingerprint density at radius 2 is 1.76 bits per heavy atom. The van der Waals surface area contributed by atoms with E-state index in [0.29, 0.717) is 39.0 Å². The lowest BCUT2D eigenvalue weighted by atomic mass is 10.1. The molecule has 38 heavy (non-hydrogen) atoms. The second-order valence-electron chi connectivity index (χ2n) is 7.48. The first-order valence-electron chi connectivity index (χ1n) is 11.0. The van der Waals surface area contributed by atoms with Crippen molar-refractivity contribution in [3.8, 4) is 22.9 Å². The number of benzene rings is 2. The highest BCUT2D eigenvalue weighted by molar-refractivity contribution is 7.99. The van der Waals surface area contributed by atoms with Crippen molar-refractivity contribution in [3.05, 3.63) is 65.2 Å². The Kier molecular flexibility index (Phi) is 8.76. The number of carbonyl (C=O) groups excluding carboxylic acids is 2. The highest BCUT2D eigenvalue weighted by Gasteiger charge is 2.20. The number of nitrogens with one attached hydrogen (secondary N) is 2. The van der Waals surface area contributed by atoms with E-state index in [1.165, 1.54) is 56.9 Å². The van der Waals surface area contributed by atoms with Gasteiger partial charge in [0.1, 0.15) is 5.82 Å². The van der Waals surface area contributed by atoms with Crippen molar-refractivity contribution in [3.63, 3.8) is 0 Å². The van der Waals surface area contributed by atoms with Crippen LogP contribution < -0.4 is 24.8 Å². The SMILES string of the molecule is COc1cc(C(=O)NCc2nnc(SCC(=O)Nc3nccs3)n2-c2ccc(F)cc2)cc(OC)c1OC. The number of carbonyl (C=O) groups is 2. The molecule has 198 valence electrons. The molecule has 0 atom stereocenters. The maximum atomic E-state index is 13.6. The third-order valence-electron chi connectivity index (χ3n) is 5.13. The Hall–Kier alpha value is -4.17. The van der Waals surface area contributed by atoms with Gasteiger partial charge in [-0.15, -0.1) is 21.5 Å². The molecule has 0 saturated carbocycles. The van der Waals surface area contributed by atoms with Gasteiger partial charge in [-0.25, -0.2) is 9.37 Å². The summed E-state index contributed by atoms with van der Waals surface area (Å²) in [6, 6.07) is 8.79.